The molecule has 0 unspecified atom stereocenters. The summed E-state index contributed by atoms with van der Waals surface area (Å²) in [6, 6.07) is 4.34. The van der Waals surface area contributed by atoms with Crippen molar-refractivity contribution >= 4 is 22.9 Å². The molecule has 5 heteroatoms. The van der Waals surface area contributed by atoms with E-state index in [1.54, 1.807) is 11.3 Å². The van der Waals surface area contributed by atoms with Gasteiger partial charge in [-0.1, -0.05) is 11.6 Å². The van der Waals surface area contributed by atoms with Crippen LogP contribution in [0.2, 0.25) is 5.02 Å². The Morgan fingerprint density at radius 1 is 1.56 bits per heavy atom. The Morgan fingerprint density at radius 3 is 2.88 bits per heavy atom. The first kappa shape index (κ1) is 11.9. The molecule has 0 amide bonds. The second-order valence-electron chi connectivity index (χ2n) is 3.80. The van der Waals surface area contributed by atoms with Crippen LogP contribution in [-0.4, -0.2) is 31.1 Å². The van der Waals surface area contributed by atoms with Gasteiger partial charge in [-0.3, -0.25) is 4.90 Å². The van der Waals surface area contributed by atoms with Gasteiger partial charge >= 0.3 is 0 Å². The standard InChI is InChI=1S/C11H14ClN3S/c12-9-2-8-16-11(9)10(1-3-13)15-6-4-14-5-7-15/h2,8,10,14H,1,4-7H2/t10-/m1/s1. The van der Waals surface area contributed by atoms with Gasteiger partial charge in [-0.05, 0) is 11.4 Å². The lowest BCUT2D eigenvalue weighted by atomic mass is 10.1. The zero-order valence-corrected chi connectivity index (χ0v) is 10.5. The van der Waals surface area contributed by atoms with E-state index in [1.165, 1.54) is 0 Å². The summed E-state index contributed by atoms with van der Waals surface area (Å²) in [5.41, 5.74) is 0. The maximum absolute atomic E-state index is 8.93. The maximum Gasteiger partial charge on any atom is 0.0642 e. The minimum Gasteiger partial charge on any atom is -0.314 e. The van der Waals surface area contributed by atoms with Crippen molar-refractivity contribution in [3.05, 3.63) is 21.3 Å². The van der Waals surface area contributed by atoms with Crippen molar-refractivity contribution in [2.75, 3.05) is 26.2 Å². The normalized spacial score (nSPS) is 19.2. The van der Waals surface area contributed by atoms with Gasteiger partial charge in [0, 0.05) is 31.1 Å². The Bertz CT molecular complexity index is 379. The summed E-state index contributed by atoms with van der Waals surface area (Å²) in [5.74, 6) is 0. The quantitative estimate of drug-likeness (QED) is 0.901. The molecular weight excluding hydrogens is 242 g/mol. The van der Waals surface area contributed by atoms with Crippen molar-refractivity contribution in [2.24, 2.45) is 0 Å². The van der Waals surface area contributed by atoms with Gasteiger partial charge in [-0.2, -0.15) is 5.26 Å². The molecule has 1 aromatic rings. The molecule has 0 aliphatic carbocycles. The lowest BCUT2D eigenvalue weighted by molar-refractivity contribution is 0.178. The summed E-state index contributed by atoms with van der Waals surface area (Å²) >= 11 is 7.79. The molecule has 0 bridgehead atoms. The summed E-state index contributed by atoms with van der Waals surface area (Å²) in [6.45, 7) is 3.96. The molecule has 86 valence electrons. The molecular formula is C11H14ClN3S. The zero-order valence-electron chi connectivity index (χ0n) is 8.95. The van der Waals surface area contributed by atoms with Gasteiger partial charge in [0.2, 0.25) is 0 Å². The number of thiophene rings is 1. The lowest BCUT2D eigenvalue weighted by Crippen LogP contribution is -2.45. The molecule has 3 nitrogen and oxygen atoms in total. The van der Waals surface area contributed by atoms with E-state index in [0.717, 1.165) is 36.1 Å². The molecule has 1 aliphatic rings. The molecule has 2 heterocycles. The third kappa shape index (κ3) is 2.55. The lowest BCUT2D eigenvalue weighted by Gasteiger charge is -2.33. The predicted molar refractivity (Wildman–Crippen MR) is 66.7 cm³/mol. The van der Waals surface area contributed by atoms with E-state index in [4.69, 9.17) is 16.9 Å². The number of hydrogen-bond acceptors (Lipinski definition) is 4. The zero-order chi connectivity index (χ0) is 11.4. The van der Waals surface area contributed by atoms with Crippen LogP contribution in [0, 0.1) is 11.3 Å². The van der Waals surface area contributed by atoms with Gasteiger partial charge in [-0.15, -0.1) is 11.3 Å². The van der Waals surface area contributed by atoms with Crippen LogP contribution in [0.15, 0.2) is 11.4 Å². The fraction of sp³-hybridized carbons (Fsp3) is 0.545. The smallest absolute Gasteiger partial charge is 0.0642 e. The number of nitrogens with zero attached hydrogens (tertiary/aromatic N) is 2. The number of halogens is 1. The molecule has 1 saturated heterocycles. The van der Waals surface area contributed by atoms with Gasteiger partial charge < -0.3 is 5.32 Å². The van der Waals surface area contributed by atoms with Crippen molar-refractivity contribution in [2.45, 2.75) is 12.5 Å². The minimum atomic E-state index is 0.166. The van der Waals surface area contributed by atoms with E-state index < -0.39 is 0 Å². The number of rotatable bonds is 3. The number of hydrogen-bond donors (Lipinski definition) is 1. The molecule has 1 aromatic heterocycles. The molecule has 1 N–H and O–H groups in total. The van der Waals surface area contributed by atoms with Crippen LogP contribution in [0.25, 0.3) is 0 Å². The SMILES string of the molecule is N#CC[C@H](c1sccc1Cl)N1CCNCC1. The number of nitriles is 1. The molecule has 1 aliphatic heterocycles. The summed E-state index contributed by atoms with van der Waals surface area (Å²) in [5, 5.41) is 15.0. The van der Waals surface area contributed by atoms with Gasteiger partial charge in [0.15, 0.2) is 0 Å². The Morgan fingerprint density at radius 2 is 2.31 bits per heavy atom. The summed E-state index contributed by atoms with van der Waals surface area (Å²) in [6.07, 6.45) is 0.514. The van der Waals surface area contributed by atoms with Gasteiger partial charge in [0.25, 0.3) is 0 Å². The van der Waals surface area contributed by atoms with Gasteiger partial charge in [0.05, 0.1) is 23.6 Å². The molecule has 0 spiro atoms. The highest BCUT2D eigenvalue weighted by Gasteiger charge is 2.24. The maximum atomic E-state index is 8.93. The molecule has 2 rings (SSSR count). The van der Waals surface area contributed by atoms with Crippen LogP contribution >= 0.6 is 22.9 Å². The van der Waals surface area contributed by atoms with Crippen molar-refractivity contribution in [3.63, 3.8) is 0 Å². The second-order valence-corrected chi connectivity index (χ2v) is 5.15. The highest BCUT2D eigenvalue weighted by molar-refractivity contribution is 7.10. The second kappa shape index (κ2) is 5.65. The van der Waals surface area contributed by atoms with Crippen LogP contribution in [-0.2, 0) is 0 Å². The van der Waals surface area contributed by atoms with Gasteiger partial charge in [-0.25, -0.2) is 0 Å². The number of piperazine rings is 1. The first-order chi connectivity index (χ1) is 7.83. The molecule has 1 fully saturated rings. The van der Waals surface area contributed by atoms with Crippen LogP contribution in [0.4, 0.5) is 0 Å². The molecule has 0 aromatic carbocycles. The Hall–Kier alpha value is -0.600. The fourth-order valence-electron chi connectivity index (χ4n) is 2.01. The highest BCUT2D eigenvalue weighted by atomic mass is 35.5. The fourth-order valence-corrected chi connectivity index (χ4v) is 3.33. The van der Waals surface area contributed by atoms with E-state index in [-0.39, 0.29) is 6.04 Å². The van der Waals surface area contributed by atoms with Crippen molar-refractivity contribution in [3.8, 4) is 6.07 Å². The van der Waals surface area contributed by atoms with Crippen molar-refractivity contribution < 1.29 is 0 Å². The Balaban J connectivity index is 2.16. The minimum absolute atomic E-state index is 0.166. The first-order valence-corrected chi connectivity index (χ1v) is 6.63. The summed E-state index contributed by atoms with van der Waals surface area (Å²) in [4.78, 5) is 3.47. The van der Waals surface area contributed by atoms with Gasteiger partial charge in [0.1, 0.15) is 0 Å². The molecule has 0 radical (unpaired) electrons. The average Bonchev–Trinajstić information content (AvgIpc) is 2.73. The number of nitrogens with one attached hydrogen (secondary N) is 1. The molecule has 1 atom stereocenters. The first-order valence-electron chi connectivity index (χ1n) is 5.37. The predicted octanol–water partition coefficient (Wildman–Crippen LogP) is 2.26. The van der Waals surface area contributed by atoms with Crippen LogP contribution in [0.5, 0.6) is 0 Å². The van der Waals surface area contributed by atoms with Crippen LogP contribution < -0.4 is 5.32 Å². The molecule has 16 heavy (non-hydrogen) atoms. The van der Waals surface area contributed by atoms with Crippen molar-refractivity contribution in [1.82, 2.24) is 10.2 Å². The third-order valence-electron chi connectivity index (χ3n) is 2.82. The Kier molecular flexibility index (Phi) is 4.19. The Labute approximate surface area is 105 Å². The van der Waals surface area contributed by atoms with E-state index in [2.05, 4.69) is 16.3 Å². The summed E-state index contributed by atoms with van der Waals surface area (Å²) < 4.78 is 0. The third-order valence-corrected chi connectivity index (χ3v) is 4.28. The largest absolute Gasteiger partial charge is 0.314 e. The van der Waals surface area contributed by atoms with E-state index in [0.29, 0.717) is 6.42 Å². The van der Waals surface area contributed by atoms with Crippen LogP contribution in [0.1, 0.15) is 17.3 Å². The van der Waals surface area contributed by atoms with E-state index >= 15 is 0 Å². The van der Waals surface area contributed by atoms with E-state index in [9.17, 15) is 0 Å². The molecule has 0 saturated carbocycles. The van der Waals surface area contributed by atoms with Crippen molar-refractivity contribution in [1.29, 1.82) is 5.26 Å². The average molecular weight is 256 g/mol. The highest BCUT2D eigenvalue weighted by Crippen LogP contribution is 2.34. The monoisotopic (exact) mass is 255 g/mol. The van der Waals surface area contributed by atoms with E-state index in [1.807, 2.05) is 11.4 Å². The summed E-state index contributed by atoms with van der Waals surface area (Å²) in [7, 11) is 0. The van der Waals surface area contributed by atoms with Crippen LogP contribution in [0.3, 0.4) is 0 Å². The topological polar surface area (TPSA) is 39.1 Å².